The molecule has 6 heteroatoms. The van der Waals surface area contributed by atoms with E-state index in [1.54, 1.807) is 11.3 Å². The van der Waals surface area contributed by atoms with Gasteiger partial charge in [-0.1, -0.05) is 30.3 Å². The zero-order valence-electron chi connectivity index (χ0n) is 16.4. The molecule has 0 N–H and O–H groups in total. The van der Waals surface area contributed by atoms with Crippen LogP contribution in [0, 0.1) is 19.8 Å². The second kappa shape index (κ2) is 8.27. The molecule has 3 aromatic rings. The largest absolute Gasteiger partial charge is 0.467 e. The van der Waals surface area contributed by atoms with Crippen molar-refractivity contribution < 1.29 is 9.53 Å². The molecule has 1 amide bonds. The van der Waals surface area contributed by atoms with Gasteiger partial charge < -0.3 is 9.64 Å². The number of amides is 1. The van der Waals surface area contributed by atoms with Crippen LogP contribution < -0.4 is 4.74 Å². The van der Waals surface area contributed by atoms with E-state index in [0.717, 1.165) is 48.1 Å². The van der Waals surface area contributed by atoms with Crippen molar-refractivity contribution in [3.63, 3.8) is 0 Å². The molecule has 0 atom stereocenters. The van der Waals surface area contributed by atoms with Gasteiger partial charge in [-0.2, -0.15) is 0 Å². The topological polar surface area (TPSA) is 55.3 Å². The van der Waals surface area contributed by atoms with Crippen LogP contribution in [0.25, 0.3) is 10.2 Å². The number of hydrogen-bond donors (Lipinski definition) is 0. The number of aromatic nitrogens is 2. The Morgan fingerprint density at radius 2 is 1.93 bits per heavy atom. The molecule has 0 unspecified atom stereocenters. The van der Waals surface area contributed by atoms with Crippen molar-refractivity contribution in [2.75, 3.05) is 19.7 Å². The summed E-state index contributed by atoms with van der Waals surface area (Å²) in [5, 5.41) is 0.930. The third-order valence-electron chi connectivity index (χ3n) is 5.60. The molecule has 1 aliphatic heterocycles. The molecule has 146 valence electrons. The van der Waals surface area contributed by atoms with Gasteiger partial charge in [-0.3, -0.25) is 4.79 Å². The first kappa shape index (κ1) is 18.9. The minimum Gasteiger partial charge on any atom is -0.467 e. The Bertz CT molecular complexity index is 963. The average molecular weight is 396 g/mol. The summed E-state index contributed by atoms with van der Waals surface area (Å²) in [6.45, 7) is 5.74. The molecular formula is C22H25N3O2S. The number of carbonyl (C=O) groups is 1. The van der Waals surface area contributed by atoms with Gasteiger partial charge in [0.1, 0.15) is 11.2 Å². The summed E-state index contributed by atoms with van der Waals surface area (Å²) in [7, 11) is 0. The standard InChI is InChI=1S/C22H25N3O2S/c1-15-16(2)28-22-20(15)21(23-14-24-22)27-13-19(26)25-10-8-18(9-11-25)12-17-6-4-3-5-7-17/h3-7,14,18H,8-13H2,1-2H3. The second-order valence-electron chi connectivity index (χ2n) is 7.44. The number of benzene rings is 1. The van der Waals surface area contributed by atoms with E-state index in [1.165, 1.54) is 16.8 Å². The Balaban J connectivity index is 1.32. The van der Waals surface area contributed by atoms with Gasteiger partial charge in [0, 0.05) is 18.0 Å². The Morgan fingerprint density at radius 1 is 1.18 bits per heavy atom. The number of fused-ring (bicyclic) bond motifs is 1. The molecule has 4 rings (SSSR count). The summed E-state index contributed by atoms with van der Waals surface area (Å²) >= 11 is 1.63. The Labute approximate surface area is 169 Å². The van der Waals surface area contributed by atoms with Crippen molar-refractivity contribution in [1.29, 1.82) is 0 Å². The second-order valence-corrected chi connectivity index (χ2v) is 8.65. The van der Waals surface area contributed by atoms with E-state index >= 15 is 0 Å². The highest BCUT2D eigenvalue weighted by atomic mass is 32.1. The molecule has 0 radical (unpaired) electrons. The predicted molar refractivity (Wildman–Crippen MR) is 112 cm³/mol. The molecule has 5 nitrogen and oxygen atoms in total. The molecular weight excluding hydrogens is 370 g/mol. The highest BCUT2D eigenvalue weighted by Crippen LogP contribution is 2.33. The van der Waals surface area contributed by atoms with E-state index in [1.807, 2.05) is 11.8 Å². The maximum Gasteiger partial charge on any atom is 0.260 e. The number of aryl methyl sites for hydroxylation is 2. The van der Waals surface area contributed by atoms with Crippen LogP contribution in [-0.4, -0.2) is 40.5 Å². The van der Waals surface area contributed by atoms with Gasteiger partial charge in [-0.25, -0.2) is 9.97 Å². The van der Waals surface area contributed by atoms with Gasteiger partial charge in [-0.15, -0.1) is 11.3 Å². The summed E-state index contributed by atoms with van der Waals surface area (Å²) in [4.78, 5) is 25.2. The van der Waals surface area contributed by atoms with Gasteiger partial charge in [0.25, 0.3) is 5.91 Å². The normalized spacial score (nSPS) is 15.1. The summed E-state index contributed by atoms with van der Waals surface area (Å²) < 4.78 is 5.82. The molecule has 0 spiro atoms. The lowest BCUT2D eigenvalue weighted by molar-refractivity contribution is -0.134. The molecule has 1 fully saturated rings. The first-order valence-corrected chi connectivity index (χ1v) is 10.6. The summed E-state index contributed by atoms with van der Waals surface area (Å²) in [6.07, 6.45) is 4.68. The monoisotopic (exact) mass is 395 g/mol. The smallest absolute Gasteiger partial charge is 0.260 e. The maximum absolute atomic E-state index is 12.6. The van der Waals surface area contributed by atoms with Gasteiger partial charge in [-0.05, 0) is 50.2 Å². The third kappa shape index (κ3) is 4.02. The zero-order chi connectivity index (χ0) is 19.5. The molecule has 0 bridgehead atoms. The number of likely N-dealkylation sites (tertiary alicyclic amines) is 1. The summed E-state index contributed by atoms with van der Waals surface area (Å²) in [5.74, 6) is 1.19. The minimum atomic E-state index is 0.0315. The fourth-order valence-electron chi connectivity index (χ4n) is 3.81. The molecule has 0 aliphatic carbocycles. The first-order valence-electron chi connectivity index (χ1n) is 9.77. The van der Waals surface area contributed by atoms with Crippen LogP contribution in [0.4, 0.5) is 0 Å². The molecule has 1 aliphatic rings. The van der Waals surface area contributed by atoms with E-state index in [-0.39, 0.29) is 12.5 Å². The molecule has 28 heavy (non-hydrogen) atoms. The molecule has 2 aromatic heterocycles. The van der Waals surface area contributed by atoms with E-state index < -0.39 is 0 Å². The van der Waals surface area contributed by atoms with Crippen molar-refractivity contribution in [2.24, 2.45) is 5.92 Å². The van der Waals surface area contributed by atoms with Crippen LogP contribution in [0.2, 0.25) is 0 Å². The van der Waals surface area contributed by atoms with Crippen LogP contribution >= 0.6 is 11.3 Å². The van der Waals surface area contributed by atoms with Crippen LogP contribution in [0.5, 0.6) is 5.88 Å². The van der Waals surface area contributed by atoms with Gasteiger partial charge in [0.15, 0.2) is 6.61 Å². The molecule has 3 heterocycles. The average Bonchev–Trinajstić information content (AvgIpc) is 3.02. The highest BCUT2D eigenvalue weighted by molar-refractivity contribution is 7.18. The zero-order valence-corrected chi connectivity index (χ0v) is 17.2. The van der Waals surface area contributed by atoms with Crippen LogP contribution in [0.15, 0.2) is 36.7 Å². The quantitative estimate of drug-likeness (QED) is 0.651. The lowest BCUT2D eigenvalue weighted by atomic mass is 9.90. The van der Waals surface area contributed by atoms with E-state index in [4.69, 9.17) is 4.74 Å². The minimum absolute atomic E-state index is 0.0315. The molecule has 1 aromatic carbocycles. The van der Waals surface area contributed by atoms with Crippen LogP contribution in [-0.2, 0) is 11.2 Å². The Hall–Kier alpha value is -2.47. The van der Waals surface area contributed by atoms with Crippen LogP contribution in [0.1, 0.15) is 28.8 Å². The Kier molecular flexibility index (Phi) is 5.57. The number of thiophene rings is 1. The fourth-order valence-corrected chi connectivity index (χ4v) is 4.80. The first-order chi connectivity index (χ1) is 13.6. The van der Waals surface area contributed by atoms with Crippen molar-refractivity contribution in [3.05, 3.63) is 52.7 Å². The van der Waals surface area contributed by atoms with E-state index in [2.05, 4.69) is 47.2 Å². The Morgan fingerprint density at radius 3 is 2.68 bits per heavy atom. The SMILES string of the molecule is Cc1sc2ncnc(OCC(=O)N3CCC(Cc4ccccc4)CC3)c2c1C. The number of piperidine rings is 1. The lowest BCUT2D eigenvalue weighted by Gasteiger charge is -2.32. The van der Waals surface area contributed by atoms with Gasteiger partial charge in [0.2, 0.25) is 5.88 Å². The summed E-state index contributed by atoms with van der Waals surface area (Å²) in [5.41, 5.74) is 2.51. The predicted octanol–water partition coefficient (Wildman–Crippen LogP) is 4.17. The molecule has 0 saturated carbocycles. The number of rotatable bonds is 5. The fraction of sp³-hybridized carbons (Fsp3) is 0.409. The van der Waals surface area contributed by atoms with Gasteiger partial charge >= 0.3 is 0 Å². The van der Waals surface area contributed by atoms with Gasteiger partial charge in [0.05, 0.1) is 5.39 Å². The molecule has 1 saturated heterocycles. The maximum atomic E-state index is 12.6. The lowest BCUT2D eigenvalue weighted by Crippen LogP contribution is -2.41. The number of nitrogens with zero attached hydrogens (tertiary/aromatic N) is 3. The number of hydrogen-bond acceptors (Lipinski definition) is 5. The number of ether oxygens (including phenoxy) is 1. The van der Waals surface area contributed by atoms with Crippen LogP contribution in [0.3, 0.4) is 0 Å². The van der Waals surface area contributed by atoms with Crippen molar-refractivity contribution in [3.8, 4) is 5.88 Å². The van der Waals surface area contributed by atoms with E-state index in [9.17, 15) is 4.79 Å². The van der Waals surface area contributed by atoms with Crippen molar-refractivity contribution in [1.82, 2.24) is 14.9 Å². The van der Waals surface area contributed by atoms with Crippen molar-refractivity contribution in [2.45, 2.75) is 33.1 Å². The third-order valence-corrected chi connectivity index (χ3v) is 6.71. The highest BCUT2D eigenvalue weighted by Gasteiger charge is 2.24. The van der Waals surface area contributed by atoms with Crippen molar-refractivity contribution >= 4 is 27.5 Å². The number of carbonyl (C=O) groups excluding carboxylic acids is 1. The summed E-state index contributed by atoms with van der Waals surface area (Å²) in [6, 6.07) is 10.6. The van der Waals surface area contributed by atoms with E-state index in [0.29, 0.717) is 11.8 Å².